The minimum atomic E-state index is -0.552. The van der Waals surface area contributed by atoms with E-state index in [2.05, 4.69) is 5.32 Å². The molecule has 132 valence electrons. The molecule has 2 aromatic rings. The van der Waals surface area contributed by atoms with Gasteiger partial charge in [-0.05, 0) is 50.6 Å². The zero-order valence-corrected chi connectivity index (χ0v) is 14.8. The van der Waals surface area contributed by atoms with E-state index in [-0.39, 0.29) is 12.0 Å². The van der Waals surface area contributed by atoms with Crippen LogP contribution in [0.5, 0.6) is 11.5 Å². The molecule has 0 fully saturated rings. The van der Waals surface area contributed by atoms with Gasteiger partial charge in [0.2, 0.25) is 5.91 Å². The van der Waals surface area contributed by atoms with E-state index in [4.69, 9.17) is 15.2 Å². The molecule has 0 unspecified atom stereocenters. The number of primary amides is 1. The molecule has 25 heavy (non-hydrogen) atoms. The summed E-state index contributed by atoms with van der Waals surface area (Å²) >= 11 is 0. The van der Waals surface area contributed by atoms with Gasteiger partial charge in [-0.1, -0.05) is 6.07 Å². The van der Waals surface area contributed by atoms with Gasteiger partial charge >= 0.3 is 0 Å². The Kier molecular flexibility index (Phi) is 5.64. The molecule has 0 saturated heterocycles. The van der Waals surface area contributed by atoms with E-state index in [0.717, 1.165) is 5.56 Å². The Morgan fingerprint density at radius 1 is 1.12 bits per heavy atom. The van der Waals surface area contributed by atoms with Crippen molar-refractivity contribution in [3.63, 3.8) is 0 Å². The number of rotatable bonds is 6. The number of hydrogen-bond donors (Lipinski definition) is 2. The third-order valence-corrected chi connectivity index (χ3v) is 3.57. The maximum atomic E-state index is 12.7. The summed E-state index contributed by atoms with van der Waals surface area (Å²) < 4.78 is 10.9. The van der Waals surface area contributed by atoms with Gasteiger partial charge in [-0.3, -0.25) is 9.59 Å². The first-order chi connectivity index (χ1) is 11.8. The van der Waals surface area contributed by atoms with E-state index in [9.17, 15) is 9.59 Å². The molecule has 0 heterocycles. The normalized spacial score (nSPS) is 10.4. The highest BCUT2D eigenvalue weighted by Gasteiger charge is 2.16. The third kappa shape index (κ3) is 4.50. The maximum absolute atomic E-state index is 12.7. The zero-order valence-electron chi connectivity index (χ0n) is 14.8. The largest absolute Gasteiger partial charge is 0.497 e. The van der Waals surface area contributed by atoms with Gasteiger partial charge < -0.3 is 20.5 Å². The molecule has 2 rings (SSSR count). The predicted octanol–water partition coefficient (Wildman–Crippen LogP) is 3.14. The number of nitrogens with two attached hydrogens (primary N) is 1. The van der Waals surface area contributed by atoms with Crippen LogP contribution in [0, 0.1) is 6.92 Å². The van der Waals surface area contributed by atoms with E-state index < -0.39 is 5.91 Å². The molecule has 3 N–H and O–H groups in total. The number of hydrogen-bond acceptors (Lipinski definition) is 4. The van der Waals surface area contributed by atoms with Crippen molar-refractivity contribution >= 4 is 17.5 Å². The molecule has 0 aliphatic carbocycles. The molecular weight excluding hydrogens is 320 g/mol. The van der Waals surface area contributed by atoms with E-state index in [1.54, 1.807) is 43.5 Å². The second-order valence-corrected chi connectivity index (χ2v) is 5.88. The van der Waals surface area contributed by atoms with Gasteiger partial charge in [-0.2, -0.15) is 0 Å². The van der Waals surface area contributed by atoms with Crippen LogP contribution in [0.4, 0.5) is 5.69 Å². The highest BCUT2D eigenvalue weighted by molar-refractivity contribution is 6.07. The molecule has 0 aromatic heterocycles. The number of aryl methyl sites for hydroxylation is 1. The molecule has 2 aromatic carbocycles. The fourth-order valence-corrected chi connectivity index (χ4v) is 2.27. The van der Waals surface area contributed by atoms with Crippen molar-refractivity contribution in [2.75, 3.05) is 12.4 Å². The lowest BCUT2D eigenvalue weighted by molar-refractivity contribution is 0.0995. The topological polar surface area (TPSA) is 90.6 Å². The highest BCUT2D eigenvalue weighted by Crippen LogP contribution is 2.27. The second kappa shape index (κ2) is 7.70. The standard InChI is InChI=1S/C19H22N2O4/c1-11(2)25-17-10-14(24-4)7-8-15(17)19(23)21-16-9-13(18(20)22)6-5-12(16)3/h5-11H,1-4H3,(H2,20,22)(H,21,23). The van der Waals surface area contributed by atoms with Crippen molar-refractivity contribution < 1.29 is 19.1 Å². The fraction of sp³-hybridized carbons (Fsp3) is 0.263. The van der Waals surface area contributed by atoms with Crippen LogP contribution in [0.15, 0.2) is 36.4 Å². The van der Waals surface area contributed by atoms with Gasteiger partial charge in [-0.15, -0.1) is 0 Å². The summed E-state index contributed by atoms with van der Waals surface area (Å²) in [5.41, 5.74) is 7.34. The van der Waals surface area contributed by atoms with Crippen LogP contribution >= 0.6 is 0 Å². The van der Waals surface area contributed by atoms with Gasteiger partial charge in [0.25, 0.3) is 5.91 Å². The SMILES string of the molecule is COc1ccc(C(=O)Nc2cc(C(N)=O)ccc2C)c(OC(C)C)c1. The first-order valence-corrected chi connectivity index (χ1v) is 7.88. The Hall–Kier alpha value is -3.02. The Labute approximate surface area is 146 Å². The van der Waals surface area contributed by atoms with Crippen LogP contribution in [0.25, 0.3) is 0 Å². The number of anilines is 1. The van der Waals surface area contributed by atoms with Crippen LogP contribution in [-0.2, 0) is 0 Å². The van der Waals surface area contributed by atoms with Crippen molar-refractivity contribution in [1.82, 2.24) is 0 Å². The quantitative estimate of drug-likeness (QED) is 0.844. The molecule has 0 bridgehead atoms. The van der Waals surface area contributed by atoms with Crippen LogP contribution in [0.3, 0.4) is 0 Å². The summed E-state index contributed by atoms with van der Waals surface area (Å²) in [5, 5.41) is 2.81. The average molecular weight is 342 g/mol. The van der Waals surface area contributed by atoms with E-state index in [1.807, 2.05) is 20.8 Å². The Bertz CT molecular complexity index is 800. The van der Waals surface area contributed by atoms with Crippen LogP contribution < -0.4 is 20.5 Å². The van der Waals surface area contributed by atoms with Crippen molar-refractivity contribution in [2.45, 2.75) is 26.9 Å². The van der Waals surface area contributed by atoms with Crippen LogP contribution in [0.1, 0.15) is 40.1 Å². The average Bonchev–Trinajstić information content (AvgIpc) is 2.55. The summed E-state index contributed by atoms with van der Waals surface area (Å²) in [6.45, 7) is 5.59. The summed E-state index contributed by atoms with van der Waals surface area (Å²) in [4.78, 5) is 24.0. The Morgan fingerprint density at radius 3 is 2.44 bits per heavy atom. The molecule has 0 aliphatic rings. The molecule has 6 heteroatoms. The molecule has 6 nitrogen and oxygen atoms in total. The number of nitrogens with one attached hydrogen (secondary N) is 1. The lowest BCUT2D eigenvalue weighted by atomic mass is 10.1. The van der Waals surface area contributed by atoms with E-state index >= 15 is 0 Å². The number of ether oxygens (including phenoxy) is 2. The van der Waals surface area contributed by atoms with Crippen LogP contribution in [0.2, 0.25) is 0 Å². The Morgan fingerprint density at radius 2 is 1.84 bits per heavy atom. The Balaban J connectivity index is 2.35. The van der Waals surface area contributed by atoms with Gasteiger partial charge in [0.15, 0.2) is 0 Å². The lowest BCUT2D eigenvalue weighted by Crippen LogP contribution is -2.17. The summed E-state index contributed by atoms with van der Waals surface area (Å²) in [6.07, 6.45) is -0.0985. The first-order valence-electron chi connectivity index (χ1n) is 7.88. The smallest absolute Gasteiger partial charge is 0.259 e. The highest BCUT2D eigenvalue weighted by atomic mass is 16.5. The minimum absolute atomic E-state index is 0.0985. The zero-order chi connectivity index (χ0) is 18.6. The second-order valence-electron chi connectivity index (χ2n) is 5.88. The van der Waals surface area contributed by atoms with Crippen molar-refractivity contribution in [2.24, 2.45) is 5.73 Å². The van der Waals surface area contributed by atoms with Gasteiger partial charge in [0.05, 0.1) is 18.8 Å². The molecular formula is C19H22N2O4. The fourth-order valence-electron chi connectivity index (χ4n) is 2.27. The van der Waals surface area contributed by atoms with Gasteiger partial charge in [0, 0.05) is 17.3 Å². The number of carbonyl (C=O) groups excluding carboxylic acids is 2. The van der Waals surface area contributed by atoms with Gasteiger partial charge in [0.1, 0.15) is 11.5 Å². The summed E-state index contributed by atoms with van der Waals surface area (Å²) in [5.74, 6) is 0.126. The maximum Gasteiger partial charge on any atom is 0.259 e. The van der Waals surface area contributed by atoms with Crippen LogP contribution in [-0.4, -0.2) is 25.0 Å². The predicted molar refractivity (Wildman–Crippen MR) is 96.4 cm³/mol. The number of methoxy groups -OCH3 is 1. The summed E-state index contributed by atoms with van der Waals surface area (Å²) in [6, 6.07) is 9.90. The molecule has 2 amide bonds. The third-order valence-electron chi connectivity index (χ3n) is 3.57. The van der Waals surface area contributed by atoms with E-state index in [1.165, 1.54) is 0 Å². The minimum Gasteiger partial charge on any atom is -0.497 e. The lowest BCUT2D eigenvalue weighted by Gasteiger charge is -2.16. The number of benzene rings is 2. The number of amides is 2. The molecule has 0 spiro atoms. The first kappa shape index (κ1) is 18.3. The summed E-state index contributed by atoms with van der Waals surface area (Å²) in [7, 11) is 1.55. The number of carbonyl (C=O) groups is 2. The van der Waals surface area contributed by atoms with Crippen molar-refractivity contribution in [3.8, 4) is 11.5 Å². The van der Waals surface area contributed by atoms with E-state index in [0.29, 0.717) is 28.3 Å². The molecule has 0 aliphatic heterocycles. The van der Waals surface area contributed by atoms with Crippen molar-refractivity contribution in [1.29, 1.82) is 0 Å². The van der Waals surface area contributed by atoms with Crippen molar-refractivity contribution in [3.05, 3.63) is 53.1 Å². The monoisotopic (exact) mass is 342 g/mol. The molecule has 0 saturated carbocycles. The molecule has 0 atom stereocenters. The van der Waals surface area contributed by atoms with Gasteiger partial charge in [-0.25, -0.2) is 0 Å². The molecule has 0 radical (unpaired) electrons.